The average Bonchev–Trinajstić information content (AvgIpc) is 2.62. The second kappa shape index (κ2) is 7.47. The minimum absolute atomic E-state index is 0.0761. The van der Waals surface area contributed by atoms with Gasteiger partial charge in [-0.25, -0.2) is 9.18 Å². The Morgan fingerprint density at radius 3 is 2.80 bits per heavy atom. The number of esters is 1. The first-order valence-electron chi connectivity index (χ1n) is 8.39. The Labute approximate surface area is 146 Å². The van der Waals surface area contributed by atoms with E-state index >= 15 is 0 Å². The Morgan fingerprint density at radius 1 is 1.20 bits per heavy atom. The molecule has 0 aliphatic heterocycles. The molecule has 2 aromatic rings. The Morgan fingerprint density at radius 2 is 2.00 bits per heavy atom. The van der Waals surface area contributed by atoms with Crippen LogP contribution in [0.5, 0.6) is 0 Å². The van der Waals surface area contributed by atoms with Crippen molar-refractivity contribution in [1.82, 2.24) is 5.32 Å². The first kappa shape index (κ1) is 17.1. The molecule has 0 saturated carbocycles. The van der Waals surface area contributed by atoms with Gasteiger partial charge in [0.2, 0.25) is 0 Å². The van der Waals surface area contributed by atoms with Gasteiger partial charge in [-0.1, -0.05) is 30.3 Å². The number of ether oxygens (including phenoxy) is 1. The minimum Gasteiger partial charge on any atom is -0.449 e. The minimum atomic E-state index is -0.954. The lowest BCUT2D eigenvalue weighted by molar-refractivity contribution is -0.130. The first-order valence-corrected chi connectivity index (χ1v) is 8.39. The maximum Gasteiger partial charge on any atom is 0.339 e. The van der Waals surface area contributed by atoms with Crippen LogP contribution in [0.4, 0.5) is 4.39 Å². The van der Waals surface area contributed by atoms with E-state index in [0.29, 0.717) is 0 Å². The molecule has 0 radical (unpaired) electrons. The predicted octanol–water partition coefficient (Wildman–Crippen LogP) is 3.56. The number of amides is 1. The fraction of sp³-hybridized carbons (Fsp3) is 0.300. The van der Waals surface area contributed by atoms with E-state index in [4.69, 9.17) is 4.74 Å². The molecule has 0 bridgehead atoms. The monoisotopic (exact) mass is 341 g/mol. The number of carbonyl (C=O) groups is 2. The Hall–Kier alpha value is -2.69. The Kier molecular flexibility index (Phi) is 5.12. The molecule has 2 atom stereocenters. The van der Waals surface area contributed by atoms with E-state index in [1.165, 1.54) is 30.7 Å². The second-order valence-electron chi connectivity index (χ2n) is 6.21. The lowest BCUT2D eigenvalue weighted by atomic mass is 9.87. The molecule has 4 nitrogen and oxygen atoms in total. The van der Waals surface area contributed by atoms with Crippen molar-refractivity contribution in [2.75, 3.05) is 0 Å². The highest BCUT2D eigenvalue weighted by atomic mass is 19.1. The number of aryl methyl sites for hydroxylation is 1. The summed E-state index contributed by atoms with van der Waals surface area (Å²) in [4.78, 5) is 24.4. The molecule has 0 spiro atoms. The molecule has 5 heteroatoms. The van der Waals surface area contributed by atoms with Gasteiger partial charge in [0, 0.05) is 0 Å². The molecule has 1 aliphatic rings. The van der Waals surface area contributed by atoms with Gasteiger partial charge in [-0.05, 0) is 55.5 Å². The topological polar surface area (TPSA) is 55.4 Å². The molecule has 0 unspecified atom stereocenters. The maximum absolute atomic E-state index is 13.2. The fourth-order valence-corrected chi connectivity index (χ4v) is 3.09. The number of rotatable bonds is 4. The molecule has 0 saturated heterocycles. The Bertz CT molecular complexity index is 790. The molecule has 3 rings (SSSR count). The van der Waals surface area contributed by atoms with Gasteiger partial charge in [0.25, 0.3) is 5.91 Å². The second-order valence-corrected chi connectivity index (χ2v) is 6.21. The summed E-state index contributed by atoms with van der Waals surface area (Å²) in [6.07, 6.45) is 1.91. The van der Waals surface area contributed by atoms with Crippen molar-refractivity contribution in [2.24, 2.45) is 0 Å². The number of hydrogen-bond acceptors (Lipinski definition) is 3. The number of halogens is 1. The summed E-state index contributed by atoms with van der Waals surface area (Å²) in [6.45, 7) is 1.52. The summed E-state index contributed by atoms with van der Waals surface area (Å²) >= 11 is 0. The van der Waals surface area contributed by atoms with Gasteiger partial charge >= 0.3 is 5.97 Å². The van der Waals surface area contributed by atoms with Crippen LogP contribution < -0.4 is 5.32 Å². The lowest BCUT2D eigenvalue weighted by Crippen LogP contribution is -2.39. The largest absolute Gasteiger partial charge is 0.449 e. The van der Waals surface area contributed by atoms with Gasteiger partial charge in [-0.3, -0.25) is 4.79 Å². The molecule has 1 aliphatic carbocycles. The van der Waals surface area contributed by atoms with Crippen LogP contribution in [0.1, 0.15) is 47.3 Å². The smallest absolute Gasteiger partial charge is 0.339 e. The van der Waals surface area contributed by atoms with Gasteiger partial charge in [-0.2, -0.15) is 0 Å². The third-order valence-electron chi connectivity index (χ3n) is 4.40. The number of carbonyl (C=O) groups excluding carboxylic acids is 2. The summed E-state index contributed by atoms with van der Waals surface area (Å²) in [7, 11) is 0. The maximum atomic E-state index is 13.2. The van der Waals surface area contributed by atoms with Crippen LogP contribution in [0.2, 0.25) is 0 Å². The molecule has 2 aromatic carbocycles. The highest BCUT2D eigenvalue weighted by Crippen LogP contribution is 2.29. The molecule has 1 N–H and O–H groups in total. The zero-order valence-electron chi connectivity index (χ0n) is 14.0. The normalized spacial score (nSPS) is 17.3. The summed E-state index contributed by atoms with van der Waals surface area (Å²) in [5.74, 6) is -1.59. The van der Waals surface area contributed by atoms with Gasteiger partial charge in [0.1, 0.15) is 5.82 Å². The number of hydrogen-bond donors (Lipinski definition) is 1. The van der Waals surface area contributed by atoms with Crippen LogP contribution >= 0.6 is 0 Å². The van der Waals surface area contributed by atoms with Crippen molar-refractivity contribution < 1.29 is 18.7 Å². The van der Waals surface area contributed by atoms with Crippen LogP contribution in [0, 0.1) is 5.82 Å². The van der Waals surface area contributed by atoms with E-state index in [0.717, 1.165) is 30.9 Å². The van der Waals surface area contributed by atoms with Gasteiger partial charge in [0.05, 0.1) is 11.6 Å². The quantitative estimate of drug-likeness (QED) is 0.865. The molecule has 25 heavy (non-hydrogen) atoms. The van der Waals surface area contributed by atoms with Crippen LogP contribution in [0.15, 0.2) is 48.5 Å². The van der Waals surface area contributed by atoms with E-state index in [1.807, 2.05) is 18.2 Å². The zero-order chi connectivity index (χ0) is 17.8. The fourth-order valence-electron chi connectivity index (χ4n) is 3.09. The summed E-state index contributed by atoms with van der Waals surface area (Å²) in [6, 6.07) is 13.2. The SMILES string of the molecule is C[C@@H](OC(=O)c1cccc(F)c1)C(=O)N[C@@H]1CCCc2ccccc21. The van der Waals surface area contributed by atoms with Gasteiger partial charge < -0.3 is 10.1 Å². The van der Waals surface area contributed by atoms with Crippen molar-refractivity contribution in [3.05, 3.63) is 71.0 Å². The van der Waals surface area contributed by atoms with E-state index in [2.05, 4.69) is 11.4 Å². The Balaban J connectivity index is 1.63. The molecule has 0 heterocycles. The summed E-state index contributed by atoms with van der Waals surface area (Å²) in [5.41, 5.74) is 2.44. The standard InChI is InChI=1S/C20H20FNO3/c1-13(25-20(24)15-8-4-9-16(21)12-15)19(23)22-18-11-5-7-14-6-2-3-10-17(14)18/h2-4,6,8-10,12-13,18H,5,7,11H2,1H3,(H,22,23)/t13-,18-/m1/s1. The van der Waals surface area contributed by atoms with Crippen LogP contribution in [0.3, 0.4) is 0 Å². The van der Waals surface area contributed by atoms with Crippen molar-refractivity contribution in [3.63, 3.8) is 0 Å². The van der Waals surface area contributed by atoms with E-state index in [1.54, 1.807) is 0 Å². The van der Waals surface area contributed by atoms with Crippen LogP contribution in [0.25, 0.3) is 0 Å². The van der Waals surface area contributed by atoms with E-state index in [9.17, 15) is 14.0 Å². The average molecular weight is 341 g/mol. The lowest BCUT2D eigenvalue weighted by Gasteiger charge is -2.27. The highest BCUT2D eigenvalue weighted by molar-refractivity contribution is 5.92. The molecular weight excluding hydrogens is 321 g/mol. The molecular formula is C20H20FNO3. The number of nitrogens with one attached hydrogen (secondary N) is 1. The third kappa shape index (κ3) is 4.05. The molecule has 0 aromatic heterocycles. The van der Waals surface area contributed by atoms with Gasteiger partial charge in [0.15, 0.2) is 6.10 Å². The van der Waals surface area contributed by atoms with Gasteiger partial charge in [-0.15, -0.1) is 0 Å². The molecule has 130 valence electrons. The molecule has 1 amide bonds. The van der Waals surface area contributed by atoms with E-state index in [-0.39, 0.29) is 17.5 Å². The van der Waals surface area contributed by atoms with Crippen molar-refractivity contribution in [3.8, 4) is 0 Å². The third-order valence-corrected chi connectivity index (χ3v) is 4.40. The zero-order valence-corrected chi connectivity index (χ0v) is 14.0. The van der Waals surface area contributed by atoms with Crippen LogP contribution in [-0.2, 0) is 16.0 Å². The summed E-state index contributed by atoms with van der Waals surface area (Å²) < 4.78 is 18.4. The first-order chi connectivity index (χ1) is 12.0. The van der Waals surface area contributed by atoms with Crippen molar-refractivity contribution in [1.29, 1.82) is 0 Å². The van der Waals surface area contributed by atoms with Crippen molar-refractivity contribution >= 4 is 11.9 Å². The summed E-state index contributed by atoms with van der Waals surface area (Å²) in [5, 5.41) is 2.95. The number of fused-ring (bicyclic) bond motifs is 1. The van der Waals surface area contributed by atoms with E-state index < -0.39 is 17.9 Å². The highest BCUT2D eigenvalue weighted by Gasteiger charge is 2.25. The van der Waals surface area contributed by atoms with Crippen molar-refractivity contribution in [2.45, 2.75) is 38.3 Å². The predicted molar refractivity (Wildman–Crippen MR) is 91.5 cm³/mol. The molecule has 0 fully saturated rings. The number of benzene rings is 2. The van der Waals surface area contributed by atoms with Crippen LogP contribution in [-0.4, -0.2) is 18.0 Å².